The second kappa shape index (κ2) is 8.33. The fraction of sp³-hybridized carbons (Fsp3) is 0.412. The van der Waals surface area contributed by atoms with E-state index < -0.39 is 33.1 Å². The lowest BCUT2D eigenvalue weighted by Crippen LogP contribution is -2.35. The van der Waals surface area contributed by atoms with Crippen LogP contribution in [0.2, 0.25) is 5.02 Å². The van der Waals surface area contributed by atoms with Crippen molar-refractivity contribution in [3.63, 3.8) is 0 Å². The Kier molecular flexibility index (Phi) is 6.20. The van der Waals surface area contributed by atoms with Crippen LogP contribution in [0.5, 0.6) is 0 Å². The molecule has 0 spiro atoms. The third-order valence-corrected chi connectivity index (χ3v) is 6.68. The number of hydrogen-bond acceptors (Lipinski definition) is 9. The predicted molar refractivity (Wildman–Crippen MR) is 105 cm³/mol. The van der Waals surface area contributed by atoms with Crippen molar-refractivity contribution in [1.29, 1.82) is 0 Å². The number of carbonyl (C=O) groups excluding carboxylic acids is 3. The molecule has 0 radical (unpaired) electrons. The summed E-state index contributed by atoms with van der Waals surface area (Å²) in [6, 6.07) is 2.48. The second-order valence-corrected chi connectivity index (χ2v) is 9.70. The van der Waals surface area contributed by atoms with Crippen LogP contribution in [0, 0.1) is 5.92 Å². The van der Waals surface area contributed by atoms with Gasteiger partial charge in [0, 0.05) is 30.2 Å². The van der Waals surface area contributed by atoms with Gasteiger partial charge < -0.3 is 0 Å². The number of ketones is 3. The maximum absolute atomic E-state index is 12.9. The van der Waals surface area contributed by atoms with Gasteiger partial charge in [-0.05, 0) is 30.0 Å². The molecule has 0 bridgehead atoms. The van der Waals surface area contributed by atoms with E-state index in [9.17, 15) is 22.8 Å². The molecule has 2 aromatic rings. The van der Waals surface area contributed by atoms with Crippen LogP contribution in [0.1, 0.15) is 35.2 Å². The summed E-state index contributed by atoms with van der Waals surface area (Å²) in [6.45, 7) is -0.150. The quantitative estimate of drug-likeness (QED) is 0.361. The minimum absolute atomic E-state index is 0.0760. The van der Waals surface area contributed by atoms with Gasteiger partial charge >= 0.3 is 0 Å². The molecule has 1 aromatic heterocycles. The van der Waals surface area contributed by atoms with E-state index in [4.69, 9.17) is 11.6 Å². The normalized spacial score (nSPS) is 15.7. The van der Waals surface area contributed by atoms with Gasteiger partial charge in [0.15, 0.2) is 27.2 Å². The van der Waals surface area contributed by atoms with Crippen molar-refractivity contribution >= 4 is 50.5 Å². The van der Waals surface area contributed by atoms with Gasteiger partial charge in [0.2, 0.25) is 5.16 Å². The summed E-state index contributed by atoms with van der Waals surface area (Å²) in [6.07, 6.45) is 3.49. The lowest BCUT2D eigenvalue weighted by Gasteiger charge is -2.20. The van der Waals surface area contributed by atoms with Crippen LogP contribution in [0.15, 0.2) is 22.2 Å². The zero-order valence-corrected chi connectivity index (χ0v) is 18.0. The molecule has 0 N–H and O–H groups in total. The van der Waals surface area contributed by atoms with Gasteiger partial charge in [0.25, 0.3) is 0 Å². The number of thioether (sulfide) groups is 1. The van der Waals surface area contributed by atoms with E-state index in [2.05, 4.69) is 15.4 Å². The third kappa shape index (κ3) is 4.41. The molecule has 1 heterocycles. The van der Waals surface area contributed by atoms with Gasteiger partial charge in [-0.3, -0.25) is 14.4 Å². The highest BCUT2D eigenvalue weighted by Gasteiger charge is 2.38. The first kappa shape index (κ1) is 21.6. The van der Waals surface area contributed by atoms with Gasteiger partial charge in [0.05, 0.1) is 16.5 Å². The standard InChI is InChI=1S/C17H17ClN4O5S2/c1-28-17-19-21-22(20-17)8-10-13(29(2,26)27)7-6-9(15(10)18)16(25)14-11(23)4-3-5-12(14)24/h6-7,14H,3-5,8H2,1-2H3. The first-order valence-corrected chi connectivity index (χ1v) is 12.1. The van der Waals surface area contributed by atoms with E-state index >= 15 is 0 Å². The number of benzene rings is 1. The summed E-state index contributed by atoms with van der Waals surface area (Å²) in [5.74, 6) is -3.01. The highest BCUT2D eigenvalue weighted by Crippen LogP contribution is 2.32. The third-order valence-electron chi connectivity index (χ3n) is 4.53. The minimum Gasteiger partial charge on any atom is -0.298 e. The Morgan fingerprint density at radius 2 is 1.93 bits per heavy atom. The predicted octanol–water partition coefficient (Wildman–Crippen LogP) is 1.62. The Bertz CT molecular complexity index is 1100. The average molecular weight is 457 g/mol. The Labute approximate surface area is 176 Å². The van der Waals surface area contributed by atoms with Crippen molar-refractivity contribution in [2.24, 2.45) is 5.92 Å². The van der Waals surface area contributed by atoms with E-state index in [1.165, 1.54) is 23.9 Å². The summed E-state index contributed by atoms with van der Waals surface area (Å²) in [7, 11) is -3.69. The fourth-order valence-electron chi connectivity index (χ4n) is 3.16. The smallest absolute Gasteiger partial charge is 0.230 e. The van der Waals surface area contributed by atoms with Gasteiger partial charge in [0.1, 0.15) is 5.92 Å². The molecule has 1 aliphatic carbocycles. The molecule has 1 fully saturated rings. The SMILES string of the molecule is CSc1nnn(Cc2c(S(C)(=O)=O)ccc(C(=O)C3C(=O)CCCC3=O)c2Cl)n1. The summed E-state index contributed by atoms with van der Waals surface area (Å²) in [5, 5.41) is 12.0. The van der Waals surface area contributed by atoms with Crippen molar-refractivity contribution in [2.45, 2.75) is 35.9 Å². The van der Waals surface area contributed by atoms with E-state index in [1.54, 1.807) is 6.26 Å². The van der Waals surface area contributed by atoms with Crippen LogP contribution in [-0.2, 0) is 26.0 Å². The number of aromatic nitrogens is 4. The maximum Gasteiger partial charge on any atom is 0.230 e. The molecular formula is C17H17ClN4O5S2. The lowest BCUT2D eigenvalue weighted by molar-refractivity contribution is -0.133. The minimum atomic E-state index is -3.69. The Morgan fingerprint density at radius 1 is 1.28 bits per heavy atom. The summed E-state index contributed by atoms with van der Waals surface area (Å²) in [4.78, 5) is 38.3. The first-order valence-electron chi connectivity index (χ1n) is 8.56. The van der Waals surface area contributed by atoms with Gasteiger partial charge in [-0.25, -0.2) is 8.42 Å². The average Bonchev–Trinajstić information content (AvgIpc) is 3.09. The van der Waals surface area contributed by atoms with Crippen molar-refractivity contribution in [3.8, 4) is 0 Å². The number of nitrogens with zero attached hydrogens (tertiary/aromatic N) is 4. The molecule has 0 atom stereocenters. The highest BCUT2D eigenvalue weighted by atomic mass is 35.5. The second-order valence-electron chi connectivity index (χ2n) is 6.57. The molecule has 0 aliphatic heterocycles. The number of carbonyl (C=O) groups is 3. The molecule has 0 amide bonds. The number of halogens is 1. The topological polar surface area (TPSA) is 129 Å². The van der Waals surface area contributed by atoms with Crippen molar-refractivity contribution in [1.82, 2.24) is 20.2 Å². The molecule has 9 nitrogen and oxygen atoms in total. The molecular weight excluding hydrogens is 440 g/mol. The fourth-order valence-corrected chi connectivity index (χ4v) is 4.76. The van der Waals surface area contributed by atoms with Crippen LogP contribution in [0.3, 0.4) is 0 Å². The van der Waals surface area contributed by atoms with Gasteiger partial charge in [-0.2, -0.15) is 4.80 Å². The number of tetrazole rings is 1. The molecule has 154 valence electrons. The summed E-state index contributed by atoms with van der Waals surface area (Å²) in [5.41, 5.74) is 0.0219. The highest BCUT2D eigenvalue weighted by molar-refractivity contribution is 7.98. The monoisotopic (exact) mass is 456 g/mol. The number of Topliss-reactive ketones (excluding diaryl/α,β-unsaturated/α-hetero) is 3. The first-order chi connectivity index (χ1) is 13.6. The number of hydrogen-bond donors (Lipinski definition) is 0. The molecule has 1 aromatic carbocycles. The molecule has 0 unspecified atom stereocenters. The van der Waals surface area contributed by atoms with Crippen molar-refractivity contribution in [3.05, 3.63) is 28.3 Å². The van der Waals surface area contributed by atoms with Crippen molar-refractivity contribution < 1.29 is 22.8 Å². The van der Waals surface area contributed by atoms with Crippen LogP contribution in [0.25, 0.3) is 0 Å². The zero-order valence-electron chi connectivity index (χ0n) is 15.6. The Hall–Kier alpha value is -2.11. The van der Waals surface area contributed by atoms with Crippen LogP contribution in [-0.4, -0.2) is 58.5 Å². The van der Waals surface area contributed by atoms with E-state index in [1.807, 2.05) is 0 Å². The largest absolute Gasteiger partial charge is 0.298 e. The molecule has 1 aliphatic rings. The maximum atomic E-state index is 12.9. The molecule has 1 saturated carbocycles. The molecule has 3 rings (SSSR count). The lowest BCUT2D eigenvalue weighted by atomic mass is 9.81. The van der Waals surface area contributed by atoms with E-state index in [-0.39, 0.29) is 40.4 Å². The van der Waals surface area contributed by atoms with E-state index in [0.29, 0.717) is 11.6 Å². The Morgan fingerprint density at radius 3 is 2.48 bits per heavy atom. The van der Waals surface area contributed by atoms with Crippen molar-refractivity contribution in [2.75, 3.05) is 12.5 Å². The van der Waals surface area contributed by atoms with Gasteiger partial charge in [-0.1, -0.05) is 23.4 Å². The van der Waals surface area contributed by atoms with Gasteiger partial charge in [-0.15, -0.1) is 10.2 Å². The van der Waals surface area contributed by atoms with Crippen LogP contribution >= 0.6 is 23.4 Å². The molecule has 0 saturated heterocycles. The van der Waals surface area contributed by atoms with E-state index in [0.717, 1.165) is 11.1 Å². The van der Waals surface area contributed by atoms with Crippen LogP contribution in [0.4, 0.5) is 0 Å². The summed E-state index contributed by atoms with van der Waals surface area (Å²) >= 11 is 7.67. The molecule has 29 heavy (non-hydrogen) atoms. The number of sulfone groups is 1. The Balaban J connectivity index is 2.09. The summed E-state index contributed by atoms with van der Waals surface area (Å²) < 4.78 is 24.4. The number of rotatable bonds is 6. The van der Waals surface area contributed by atoms with Crippen LogP contribution < -0.4 is 0 Å². The molecule has 12 heteroatoms. The zero-order chi connectivity index (χ0) is 21.3.